The number of carbonyl (C=O) groups excluding carboxylic acids is 2. The molecule has 1 N–H and O–H groups in total. The van der Waals surface area contributed by atoms with Crippen molar-refractivity contribution in [1.82, 2.24) is 9.80 Å². The van der Waals surface area contributed by atoms with E-state index in [0.29, 0.717) is 25.9 Å². The van der Waals surface area contributed by atoms with Crippen LogP contribution >= 0.6 is 0 Å². The molecule has 6 nitrogen and oxygen atoms in total. The van der Waals surface area contributed by atoms with Crippen LogP contribution in [0, 0.1) is 5.92 Å². The van der Waals surface area contributed by atoms with Crippen LogP contribution in [0.3, 0.4) is 0 Å². The SMILES string of the molecule is O=C(O)C1CCN(C(=O)CCC(=O)N2CCCCC2)CC1. The number of nitrogens with zero attached hydrogens (tertiary/aromatic N) is 2. The van der Waals surface area contributed by atoms with E-state index >= 15 is 0 Å². The number of aliphatic carboxylic acids is 1. The molecule has 2 aliphatic rings. The Bertz CT molecular complexity index is 396. The van der Waals surface area contributed by atoms with Gasteiger partial charge in [0.1, 0.15) is 0 Å². The summed E-state index contributed by atoms with van der Waals surface area (Å²) in [7, 11) is 0. The van der Waals surface area contributed by atoms with Crippen LogP contribution in [-0.4, -0.2) is 58.9 Å². The Morgan fingerprint density at radius 1 is 0.810 bits per heavy atom. The lowest BCUT2D eigenvalue weighted by Crippen LogP contribution is -2.41. The molecule has 0 spiro atoms. The minimum atomic E-state index is -0.776. The summed E-state index contributed by atoms with van der Waals surface area (Å²) in [6, 6.07) is 0. The van der Waals surface area contributed by atoms with Gasteiger partial charge in [0.2, 0.25) is 11.8 Å². The highest BCUT2D eigenvalue weighted by Gasteiger charge is 2.27. The van der Waals surface area contributed by atoms with Gasteiger partial charge in [0.05, 0.1) is 5.92 Å². The first-order valence-corrected chi connectivity index (χ1v) is 7.86. The molecular weight excluding hydrogens is 272 g/mol. The molecule has 118 valence electrons. The molecule has 2 heterocycles. The Kier molecular flexibility index (Phi) is 5.59. The zero-order valence-corrected chi connectivity index (χ0v) is 12.4. The topological polar surface area (TPSA) is 77.9 Å². The first-order chi connectivity index (χ1) is 10.1. The van der Waals surface area contributed by atoms with Crippen LogP contribution in [0.2, 0.25) is 0 Å². The van der Waals surface area contributed by atoms with E-state index in [9.17, 15) is 14.4 Å². The van der Waals surface area contributed by atoms with Gasteiger partial charge in [0.15, 0.2) is 0 Å². The van der Waals surface area contributed by atoms with Crippen molar-refractivity contribution in [1.29, 1.82) is 0 Å². The van der Waals surface area contributed by atoms with Crippen molar-refractivity contribution in [3.63, 3.8) is 0 Å². The molecule has 0 aromatic carbocycles. The number of hydrogen-bond donors (Lipinski definition) is 1. The number of amides is 2. The Balaban J connectivity index is 1.70. The molecule has 0 aliphatic carbocycles. The van der Waals surface area contributed by atoms with Gasteiger partial charge in [0.25, 0.3) is 0 Å². The van der Waals surface area contributed by atoms with Crippen LogP contribution in [-0.2, 0) is 14.4 Å². The van der Waals surface area contributed by atoms with Gasteiger partial charge in [-0.05, 0) is 32.1 Å². The van der Waals surface area contributed by atoms with Crippen molar-refractivity contribution in [2.75, 3.05) is 26.2 Å². The van der Waals surface area contributed by atoms with E-state index < -0.39 is 5.97 Å². The summed E-state index contributed by atoms with van der Waals surface area (Å²) in [5.74, 6) is -1.06. The summed E-state index contributed by atoms with van der Waals surface area (Å²) in [4.78, 5) is 38.5. The summed E-state index contributed by atoms with van der Waals surface area (Å²) in [5.41, 5.74) is 0. The summed E-state index contributed by atoms with van der Waals surface area (Å²) >= 11 is 0. The highest BCUT2D eigenvalue weighted by molar-refractivity contribution is 5.84. The van der Waals surface area contributed by atoms with E-state index in [1.54, 1.807) is 4.90 Å². The van der Waals surface area contributed by atoms with Gasteiger partial charge in [-0.3, -0.25) is 14.4 Å². The van der Waals surface area contributed by atoms with Gasteiger partial charge in [-0.25, -0.2) is 0 Å². The molecular formula is C15H24N2O4. The first kappa shape index (κ1) is 15.8. The third kappa shape index (κ3) is 4.44. The Hall–Kier alpha value is -1.59. The number of likely N-dealkylation sites (tertiary alicyclic amines) is 2. The molecule has 0 aromatic heterocycles. The molecule has 6 heteroatoms. The fraction of sp³-hybridized carbons (Fsp3) is 0.800. The minimum Gasteiger partial charge on any atom is -0.481 e. The Labute approximate surface area is 125 Å². The molecule has 2 amide bonds. The normalized spacial score (nSPS) is 20.4. The van der Waals surface area contributed by atoms with Crippen molar-refractivity contribution in [3.8, 4) is 0 Å². The van der Waals surface area contributed by atoms with Gasteiger partial charge in [-0.1, -0.05) is 0 Å². The average molecular weight is 296 g/mol. The molecule has 0 bridgehead atoms. The number of rotatable bonds is 4. The number of carbonyl (C=O) groups is 3. The lowest BCUT2D eigenvalue weighted by Gasteiger charge is -2.31. The smallest absolute Gasteiger partial charge is 0.306 e. The second-order valence-corrected chi connectivity index (χ2v) is 5.93. The maximum absolute atomic E-state index is 12.1. The molecule has 0 saturated carbocycles. The summed E-state index contributed by atoms with van der Waals surface area (Å²) < 4.78 is 0. The van der Waals surface area contributed by atoms with Crippen molar-refractivity contribution < 1.29 is 19.5 Å². The second-order valence-electron chi connectivity index (χ2n) is 5.93. The average Bonchev–Trinajstić information content (AvgIpc) is 2.53. The molecule has 21 heavy (non-hydrogen) atoms. The molecule has 0 unspecified atom stereocenters. The monoisotopic (exact) mass is 296 g/mol. The van der Waals surface area contributed by atoms with Crippen LogP contribution in [0.5, 0.6) is 0 Å². The largest absolute Gasteiger partial charge is 0.481 e. The van der Waals surface area contributed by atoms with Crippen LogP contribution in [0.15, 0.2) is 0 Å². The van der Waals surface area contributed by atoms with E-state index in [2.05, 4.69) is 0 Å². The molecule has 0 radical (unpaired) electrons. The summed E-state index contributed by atoms with van der Waals surface area (Å²) in [6.07, 6.45) is 4.85. The van der Waals surface area contributed by atoms with Crippen molar-refractivity contribution in [3.05, 3.63) is 0 Å². The number of carboxylic acids is 1. The van der Waals surface area contributed by atoms with Gasteiger partial charge >= 0.3 is 5.97 Å². The second kappa shape index (κ2) is 7.43. The standard InChI is InChI=1S/C15H24N2O4/c18-13(16-8-2-1-3-9-16)4-5-14(19)17-10-6-12(7-11-17)15(20)21/h12H,1-11H2,(H,20,21). The van der Waals surface area contributed by atoms with E-state index in [-0.39, 0.29) is 30.6 Å². The van der Waals surface area contributed by atoms with E-state index in [1.165, 1.54) is 6.42 Å². The number of hydrogen-bond acceptors (Lipinski definition) is 3. The molecule has 2 rings (SSSR count). The maximum atomic E-state index is 12.1. The quantitative estimate of drug-likeness (QED) is 0.842. The molecule has 2 saturated heterocycles. The van der Waals surface area contributed by atoms with Crippen molar-refractivity contribution >= 4 is 17.8 Å². The summed E-state index contributed by atoms with van der Waals surface area (Å²) in [5, 5.41) is 8.93. The lowest BCUT2D eigenvalue weighted by molar-refractivity contribution is -0.146. The zero-order chi connectivity index (χ0) is 15.2. The molecule has 2 aliphatic heterocycles. The van der Waals surface area contributed by atoms with Crippen LogP contribution < -0.4 is 0 Å². The van der Waals surface area contributed by atoms with Crippen molar-refractivity contribution in [2.45, 2.75) is 44.9 Å². The van der Waals surface area contributed by atoms with E-state index in [0.717, 1.165) is 25.9 Å². The maximum Gasteiger partial charge on any atom is 0.306 e. The number of carboxylic acid groups (broad SMARTS) is 1. The van der Waals surface area contributed by atoms with Crippen LogP contribution in [0.4, 0.5) is 0 Å². The highest BCUT2D eigenvalue weighted by Crippen LogP contribution is 2.18. The third-order valence-electron chi connectivity index (χ3n) is 4.46. The Morgan fingerprint density at radius 2 is 1.29 bits per heavy atom. The van der Waals surface area contributed by atoms with Gasteiger partial charge in [0, 0.05) is 39.0 Å². The van der Waals surface area contributed by atoms with Gasteiger partial charge in [-0.15, -0.1) is 0 Å². The Morgan fingerprint density at radius 3 is 1.76 bits per heavy atom. The predicted molar refractivity (Wildman–Crippen MR) is 76.6 cm³/mol. The van der Waals surface area contributed by atoms with Crippen molar-refractivity contribution in [2.24, 2.45) is 5.92 Å². The zero-order valence-electron chi connectivity index (χ0n) is 12.4. The van der Waals surface area contributed by atoms with Crippen LogP contribution in [0.1, 0.15) is 44.9 Å². The van der Waals surface area contributed by atoms with Gasteiger partial charge < -0.3 is 14.9 Å². The first-order valence-electron chi connectivity index (χ1n) is 7.86. The third-order valence-corrected chi connectivity index (χ3v) is 4.46. The lowest BCUT2D eigenvalue weighted by atomic mass is 9.97. The minimum absolute atomic E-state index is 0.0239. The predicted octanol–water partition coefficient (Wildman–Crippen LogP) is 1.10. The number of piperidine rings is 2. The fourth-order valence-electron chi connectivity index (χ4n) is 3.05. The summed E-state index contributed by atoms with van der Waals surface area (Å²) in [6.45, 7) is 2.62. The molecule has 2 fully saturated rings. The molecule has 0 aromatic rings. The molecule has 0 atom stereocenters. The van der Waals surface area contributed by atoms with E-state index in [4.69, 9.17) is 5.11 Å². The highest BCUT2D eigenvalue weighted by atomic mass is 16.4. The van der Waals surface area contributed by atoms with Gasteiger partial charge in [-0.2, -0.15) is 0 Å². The van der Waals surface area contributed by atoms with E-state index in [1.807, 2.05) is 4.90 Å². The fourth-order valence-corrected chi connectivity index (χ4v) is 3.05. The van der Waals surface area contributed by atoms with Crippen LogP contribution in [0.25, 0.3) is 0 Å².